The number of carbonyl (C=O) groups is 5. The molecule has 0 aliphatic rings. The maximum atomic E-state index is 14.3. The van der Waals surface area contributed by atoms with Gasteiger partial charge in [-0.3, -0.25) is 24.0 Å². The van der Waals surface area contributed by atoms with Gasteiger partial charge in [0.1, 0.15) is 24.2 Å². The number of hydrogen-bond acceptors (Lipinski definition) is 6. The van der Waals surface area contributed by atoms with E-state index in [9.17, 15) is 24.0 Å². The van der Waals surface area contributed by atoms with Gasteiger partial charge in [0.15, 0.2) is 0 Å². The Morgan fingerprint density at radius 1 is 0.673 bits per heavy atom. The second-order valence-corrected chi connectivity index (χ2v) is 16.1. The number of nitrogens with zero attached hydrogens (tertiary/aromatic N) is 3. The van der Waals surface area contributed by atoms with E-state index >= 15 is 0 Å². The molecule has 1 aromatic carbocycles. The summed E-state index contributed by atoms with van der Waals surface area (Å²) >= 11 is 6.21. The number of aromatic amines is 1. The molecule has 1 aromatic heterocycles. The quantitative estimate of drug-likeness (QED) is 0.179. The fraction of sp³-hybridized carbons (Fsp3) is 0.667. The largest absolute Gasteiger partial charge is 0.361 e. The van der Waals surface area contributed by atoms with Crippen LogP contribution in [-0.2, 0) is 30.4 Å². The summed E-state index contributed by atoms with van der Waals surface area (Å²) in [6, 6.07) is 1.67. The van der Waals surface area contributed by atoms with Gasteiger partial charge in [-0.2, -0.15) is 0 Å². The lowest BCUT2D eigenvalue weighted by atomic mass is 9.94. The van der Waals surface area contributed by atoms with Crippen LogP contribution < -0.4 is 16.0 Å². The summed E-state index contributed by atoms with van der Waals surface area (Å²) in [7, 11) is 6.45. The van der Waals surface area contributed by atoms with Crippen molar-refractivity contribution in [2.24, 2.45) is 29.6 Å². The van der Waals surface area contributed by atoms with E-state index < -0.39 is 36.1 Å². The predicted octanol–water partition coefficient (Wildman–Crippen LogP) is 4.31. The summed E-state index contributed by atoms with van der Waals surface area (Å²) in [5.41, 5.74) is 1.98. The van der Waals surface area contributed by atoms with Crippen LogP contribution in [0.25, 0.3) is 10.9 Å². The van der Waals surface area contributed by atoms with Crippen LogP contribution in [0.2, 0.25) is 5.02 Å². The van der Waals surface area contributed by atoms with Crippen LogP contribution in [0.1, 0.15) is 74.8 Å². The van der Waals surface area contributed by atoms with Crippen LogP contribution in [0.5, 0.6) is 0 Å². The molecular weight excluding hydrogens is 682 g/mol. The molecule has 292 valence electrons. The minimum atomic E-state index is -0.913. The monoisotopic (exact) mass is 745 g/mol. The fourth-order valence-corrected chi connectivity index (χ4v) is 7.25. The number of nitrogens with one attached hydrogen (secondary N) is 4. The lowest BCUT2D eigenvalue weighted by Crippen LogP contribution is -2.62. The normalized spacial score (nSPS) is 14.8. The Morgan fingerprint density at radius 2 is 1.15 bits per heavy atom. The minimum absolute atomic E-state index is 0.000315. The Morgan fingerprint density at radius 3 is 1.62 bits per heavy atom. The molecule has 0 spiro atoms. The highest BCUT2D eigenvalue weighted by Gasteiger charge is 2.42. The number of amides is 5. The van der Waals surface area contributed by atoms with Gasteiger partial charge in [-0.25, -0.2) is 0 Å². The average Bonchev–Trinajstić information content (AvgIpc) is 3.44. The minimum Gasteiger partial charge on any atom is -0.361 e. The molecular formula is C39H64ClN7O5. The van der Waals surface area contributed by atoms with E-state index in [0.29, 0.717) is 18.0 Å². The molecule has 0 unspecified atom stereocenters. The molecule has 0 bridgehead atoms. The number of H-pyrrole nitrogens is 1. The summed E-state index contributed by atoms with van der Waals surface area (Å²) in [5.74, 6) is -2.82. The number of halogens is 1. The highest BCUT2D eigenvalue weighted by Crippen LogP contribution is 2.24. The van der Waals surface area contributed by atoms with Crippen LogP contribution in [-0.4, -0.2) is 114 Å². The Bertz CT molecular complexity index is 1540. The molecule has 0 saturated heterocycles. The highest BCUT2D eigenvalue weighted by atomic mass is 35.5. The number of fused-ring (bicyclic) bond motifs is 1. The molecule has 2 rings (SSSR count). The lowest BCUT2D eigenvalue weighted by molar-refractivity contribution is -0.155. The second-order valence-electron chi connectivity index (χ2n) is 15.7. The zero-order chi connectivity index (χ0) is 39.8. The third-order valence-corrected chi connectivity index (χ3v) is 10.1. The molecule has 5 atom stereocenters. The molecule has 4 N–H and O–H groups in total. The fourth-order valence-electron chi connectivity index (χ4n) is 7.08. The van der Waals surface area contributed by atoms with E-state index in [2.05, 4.69) is 20.9 Å². The molecule has 0 saturated carbocycles. The maximum Gasteiger partial charge on any atom is 0.246 e. The number of aromatic nitrogens is 1. The van der Waals surface area contributed by atoms with Crippen molar-refractivity contribution in [2.75, 3.05) is 34.7 Å². The SMILES string of the molecule is CN[C@H](C(=O)N[C@H](C(=O)N(C)[C@H](C(=O)N(C)[C@H](C(=O)N(C)[C@H](C(=O)NCCc1c[nH]c2ccc(Cl)cc12)C(C)C)C(C)C)C(C)C)C(C)C)C(C)C. The van der Waals surface area contributed by atoms with Crippen molar-refractivity contribution in [3.63, 3.8) is 0 Å². The van der Waals surface area contributed by atoms with Crippen LogP contribution in [0.15, 0.2) is 24.4 Å². The maximum absolute atomic E-state index is 14.3. The molecule has 5 amide bonds. The lowest BCUT2D eigenvalue weighted by Gasteiger charge is -2.41. The number of benzene rings is 1. The van der Waals surface area contributed by atoms with Gasteiger partial charge in [0, 0.05) is 49.8 Å². The van der Waals surface area contributed by atoms with Crippen molar-refractivity contribution in [3.05, 3.63) is 35.0 Å². The van der Waals surface area contributed by atoms with Crippen LogP contribution in [0, 0.1) is 29.6 Å². The van der Waals surface area contributed by atoms with Crippen molar-refractivity contribution in [2.45, 2.75) is 106 Å². The third-order valence-electron chi connectivity index (χ3n) is 9.88. The van der Waals surface area contributed by atoms with Gasteiger partial charge in [-0.15, -0.1) is 0 Å². The predicted molar refractivity (Wildman–Crippen MR) is 209 cm³/mol. The van der Waals surface area contributed by atoms with E-state index in [0.717, 1.165) is 16.5 Å². The van der Waals surface area contributed by atoms with Gasteiger partial charge >= 0.3 is 0 Å². The standard InChI is InChI=1S/C39H64ClN7O5/c1-21(2)30(41-11)35(48)44-31(22(3)4)37(50)46(13)33(24(7)8)39(52)47(14)34(25(9)10)38(51)45(12)32(23(5)6)36(49)42-18-17-26-20-43-29-16-15-27(40)19-28(26)29/h15-16,19-25,30-34,41,43H,17-18H2,1-14H3,(H,42,49)(H,44,48)/t30-,31-,32-,33-,34-/m0/s1. The molecule has 0 fully saturated rings. The number of carbonyl (C=O) groups excluding carboxylic acids is 5. The van der Waals surface area contributed by atoms with Crippen molar-refractivity contribution in [1.82, 2.24) is 35.6 Å². The van der Waals surface area contributed by atoms with Gasteiger partial charge in [0.05, 0.1) is 6.04 Å². The topological polar surface area (TPSA) is 147 Å². The van der Waals surface area contributed by atoms with Crippen molar-refractivity contribution < 1.29 is 24.0 Å². The highest BCUT2D eigenvalue weighted by molar-refractivity contribution is 6.31. The Kier molecular flexibility index (Phi) is 16.6. The second kappa shape index (κ2) is 19.4. The van der Waals surface area contributed by atoms with Gasteiger partial charge in [-0.1, -0.05) is 80.8 Å². The van der Waals surface area contributed by atoms with Gasteiger partial charge < -0.3 is 35.6 Å². The van der Waals surface area contributed by atoms with Gasteiger partial charge in [0.25, 0.3) is 0 Å². The van der Waals surface area contributed by atoms with Crippen LogP contribution in [0.3, 0.4) is 0 Å². The van der Waals surface area contributed by atoms with E-state index in [4.69, 9.17) is 11.6 Å². The first-order chi connectivity index (χ1) is 24.2. The third kappa shape index (κ3) is 10.7. The summed E-state index contributed by atoms with van der Waals surface area (Å²) in [5, 5.41) is 10.6. The van der Waals surface area contributed by atoms with Gasteiger partial charge in [0.2, 0.25) is 29.5 Å². The van der Waals surface area contributed by atoms with E-state index in [1.54, 1.807) is 28.2 Å². The number of likely N-dealkylation sites (N-methyl/N-ethyl adjacent to an activating group) is 4. The first-order valence-corrected chi connectivity index (χ1v) is 18.9. The zero-order valence-corrected chi connectivity index (χ0v) is 34.5. The zero-order valence-electron chi connectivity index (χ0n) is 33.8. The first kappa shape index (κ1) is 44.5. The molecule has 0 radical (unpaired) electrons. The van der Waals surface area contributed by atoms with Crippen LogP contribution >= 0.6 is 11.6 Å². The molecule has 52 heavy (non-hydrogen) atoms. The van der Waals surface area contributed by atoms with E-state index in [-0.39, 0.29) is 53.2 Å². The van der Waals surface area contributed by atoms with Crippen molar-refractivity contribution in [1.29, 1.82) is 0 Å². The molecule has 1 heterocycles. The summed E-state index contributed by atoms with van der Waals surface area (Å²) < 4.78 is 0. The summed E-state index contributed by atoms with van der Waals surface area (Å²) in [6.45, 7) is 19.1. The first-order valence-electron chi connectivity index (χ1n) is 18.5. The Balaban J connectivity index is 2.27. The smallest absolute Gasteiger partial charge is 0.246 e. The van der Waals surface area contributed by atoms with E-state index in [1.165, 1.54) is 14.7 Å². The summed E-state index contributed by atoms with van der Waals surface area (Å²) in [6.07, 6.45) is 2.47. The van der Waals surface area contributed by atoms with Crippen molar-refractivity contribution in [3.8, 4) is 0 Å². The molecule has 0 aliphatic heterocycles. The van der Waals surface area contributed by atoms with Crippen molar-refractivity contribution >= 4 is 52.0 Å². The van der Waals surface area contributed by atoms with E-state index in [1.807, 2.05) is 93.6 Å². The Labute approximate surface area is 316 Å². The average molecular weight is 746 g/mol. The molecule has 13 heteroatoms. The Hall–Kier alpha value is -3.64. The molecule has 2 aromatic rings. The molecule has 12 nitrogen and oxygen atoms in total. The van der Waals surface area contributed by atoms with Crippen LogP contribution in [0.4, 0.5) is 0 Å². The number of hydrogen-bond donors (Lipinski definition) is 4. The molecule has 0 aliphatic carbocycles. The number of rotatable bonds is 18. The van der Waals surface area contributed by atoms with Gasteiger partial charge in [-0.05, 0) is 66.8 Å². The summed E-state index contributed by atoms with van der Waals surface area (Å²) in [4.78, 5) is 76.9.